The van der Waals surface area contributed by atoms with Crippen LogP contribution in [-0.4, -0.2) is 0 Å². The van der Waals surface area contributed by atoms with E-state index in [1.807, 2.05) is 0 Å². The normalized spacial score (nSPS) is 11.0. The molecule has 0 bridgehead atoms. The van der Waals surface area contributed by atoms with Crippen molar-refractivity contribution in [3.05, 3.63) is 59.2 Å². The third-order valence-electron chi connectivity index (χ3n) is 2.65. The minimum absolute atomic E-state index is 0.0631. The van der Waals surface area contributed by atoms with Gasteiger partial charge in [0.15, 0.2) is 0 Å². The fourth-order valence-corrected chi connectivity index (χ4v) is 1.69. The lowest BCUT2D eigenvalue weighted by atomic mass is 10.1. The summed E-state index contributed by atoms with van der Waals surface area (Å²) in [5.74, 6) is -2.04. The predicted molar refractivity (Wildman–Crippen MR) is 65.8 cm³/mol. The van der Waals surface area contributed by atoms with Crippen LogP contribution in [0.5, 0.6) is 0 Å². The first-order valence-electron chi connectivity index (χ1n) is 5.64. The Morgan fingerprint density at radius 1 is 1.00 bits per heavy atom. The predicted octanol–water partition coefficient (Wildman–Crippen LogP) is 4.60. The maximum atomic E-state index is 13.2. The van der Waals surface area contributed by atoms with Gasteiger partial charge in [-0.05, 0) is 36.4 Å². The van der Waals surface area contributed by atoms with Gasteiger partial charge in [0.1, 0.15) is 17.7 Å². The Bertz CT molecular complexity index is 716. The van der Waals surface area contributed by atoms with E-state index in [1.54, 1.807) is 6.07 Å². The molecule has 0 heterocycles. The minimum atomic E-state index is -4.83. The van der Waals surface area contributed by atoms with Crippen molar-refractivity contribution < 1.29 is 22.0 Å². The van der Waals surface area contributed by atoms with Crippen LogP contribution in [0, 0.1) is 23.0 Å². The van der Waals surface area contributed by atoms with Gasteiger partial charge in [0.25, 0.3) is 0 Å². The van der Waals surface area contributed by atoms with E-state index in [2.05, 4.69) is 5.32 Å². The molecule has 0 aliphatic carbocycles. The average molecular weight is 298 g/mol. The highest BCUT2D eigenvalue weighted by Gasteiger charge is 2.34. The highest BCUT2D eigenvalue weighted by Crippen LogP contribution is 2.34. The highest BCUT2D eigenvalue weighted by molar-refractivity contribution is 5.67. The molecule has 0 amide bonds. The van der Waals surface area contributed by atoms with Crippen molar-refractivity contribution in [1.82, 2.24) is 0 Å². The Kier molecular flexibility index (Phi) is 3.80. The molecular weight excluding hydrogens is 291 g/mol. The largest absolute Gasteiger partial charge is 0.419 e. The van der Waals surface area contributed by atoms with Gasteiger partial charge in [-0.15, -0.1) is 0 Å². The van der Waals surface area contributed by atoms with Gasteiger partial charge < -0.3 is 5.32 Å². The lowest BCUT2D eigenvalue weighted by Crippen LogP contribution is -2.08. The second-order valence-electron chi connectivity index (χ2n) is 4.12. The third-order valence-corrected chi connectivity index (χ3v) is 2.65. The van der Waals surface area contributed by atoms with E-state index in [-0.39, 0.29) is 16.9 Å². The summed E-state index contributed by atoms with van der Waals surface area (Å²) in [4.78, 5) is 0. The lowest BCUT2D eigenvalue weighted by Gasteiger charge is -2.12. The Morgan fingerprint density at radius 2 is 1.71 bits per heavy atom. The second-order valence-corrected chi connectivity index (χ2v) is 4.12. The van der Waals surface area contributed by atoms with Crippen LogP contribution in [0.15, 0.2) is 36.4 Å². The number of anilines is 2. The summed E-state index contributed by atoms with van der Waals surface area (Å²) in [6.07, 6.45) is -4.83. The van der Waals surface area contributed by atoms with Gasteiger partial charge in [-0.25, -0.2) is 8.78 Å². The van der Waals surface area contributed by atoms with Crippen molar-refractivity contribution in [1.29, 1.82) is 5.26 Å². The fourth-order valence-electron chi connectivity index (χ4n) is 1.69. The maximum absolute atomic E-state index is 13.2. The molecule has 0 radical (unpaired) electrons. The first kappa shape index (κ1) is 14.8. The van der Waals surface area contributed by atoms with E-state index in [1.165, 1.54) is 6.07 Å². The molecule has 1 N–H and O–H groups in total. The third kappa shape index (κ3) is 3.28. The summed E-state index contributed by atoms with van der Waals surface area (Å²) in [6.45, 7) is 0. The molecule has 0 fully saturated rings. The molecule has 2 aromatic carbocycles. The molecule has 0 aliphatic heterocycles. The van der Waals surface area contributed by atoms with Crippen molar-refractivity contribution >= 4 is 11.4 Å². The number of alkyl halides is 3. The summed E-state index contributed by atoms with van der Waals surface area (Å²) in [5, 5.41) is 11.4. The van der Waals surface area contributed by atoms with Gasteiger partial charge in [-0.1, -0.05) is 0 Å². The molecule has 2 aromatic rings. The van der Waals surface area contributed by atoms with Crippen LogP contribution in [0.4, 0.5) is 33.3 Å². The molecule has 0 spiro atoms. The van der Waals surface area contributed by atoms with Gasteiger partial charge in [0, 0.05) is 5.69 Å². The zero-order valence-electron chi connectivity index (χ0n) is 10.3. The first-order valence-corrected chi connectivity index (χ1v) is 5.64. The van der Waals surface area contributed by atoms with Crippen LogP contribution < -0.4 is 5.32 Å². The molecule has 108 valence electrons. The van der Waals surface area contributed by atoms with Crippen molar-refractivity contribution in [3.63, 3.8) is 0 Å². The van der Waals surface area contributed by atoms with Crippen LogP contribution in [-0.2, 0) is 6.18 Å². The second kappa shape index (κ2) is 5.40. The zero-order chi connectivity index (χ0) is 15.6. The van der Waals surface area contributed by atoms with Gasteiger partial charge in [0.05, 0.1) is 16.8 Å². The Morgan fingerprint density at radius 3 is 2.33 bits per heavy atom. The minimum Gasteiger partial charge on any atom is -0.354 e. The first-order chi connectivity index (χ1) is 9.81. The fraction of sp³-hybridized carbons (Fsp3) is 0.0714. The number of nitrogens with zero attached hydrogens (tertiary/aromatic N) is 1. The van der Waals surface area contributed by atoms with E-state index in [0.717, 1.165) is 18.2 Å². The molecular formula is C14H7F5N2. The van der Waals surface area contributed by atoms with Crippen molar-refractivity contribution in [2.75, 3.05) is 5.32 Å². The van der Waals surface area contributed by atoms with Gasteiger partial charge in [-0.3, -0.25) is 0 Å². The number of nitrogens with one attached hydrogen (secondary N) is 1. The average Bonchev–Trinajstić information content (AvgIpc) is 2.41. The molecule has 0 atom stereocenters. The Labute approximate surface area is 116 Å². The van der Waals surface area contributed by atoms with Crippen molar-refractivity contribution in [2.45, 2.75) is 6.18 Å². The standard InChI is InChI=1S/C14H7F5N2/c15-9-1-4-13(8(5-9)7-20)21-10-2-3-12(16)11(6-10)14(17,18)19/h1-6,21H. The molecule has 2 nitrogen and oxygen atoms in total. The maximum Gasteiger partial charge on any atom is 0.419 e. The molecule has 2 rings (SSSR count). The van der Waals surface area contributed by atoms with Crippen molar-refractivity contribution in [3.8, 4) is 6.07 Å². The van der Waals surface area contributed by atoms with Gasteiger partial charge >= 0.3 is 6.18 Å². The molecule has 21 heavy (non-hydrogen) atoms. The summed E-state index contributed by atoms with van der Waals surface area (Å²) >= 11 is 0. The number of benzene rings is 2. The Balaban J connectivity index is 2.40. The Hall–Kier alpha value is -2.62. The molecule has 0 unspecified atom stereocenters. The number of hydrogen-bond donors (Lipinski definition) is 1. The van der Waals surface area contributed by atoms with Crippen LogP contribution in [0.2, 0.25) is 0 Å². The SMILES string of the molecule is N#Cc1cc(F)ccc1Nc1ccc(F)c(C(F)(F)F)c1. The van der Waals surface area contributed by atoms with Gasteiger partial charge in [-0.2, -0.15) is 18.4 Å². The highest BCUT2D eigenvalue weighted by atomic mass is 19.4. The number of hydrogen-bond acceptors (Lipinski definition) is 2. The topological polar surface area (TPSA) is 35.8 Å². The van der Waals surface area contributed by atoms with Crippen molar-refractivity contribution in [2.24, 2.45) is 0 Å². The molecule has 0 aromatic heterocycles. The number of rotatable bonds is 2. The summed E-state index contributed by atoms with van der Waals surface area (Å²) in [5.41, 5.74) is -1.44. The summed E-state index contributed by atoms with van der Waals surface area (Å²) in [7, 11) is 0. The number of nitriles is 1. The van der Waals surface area contributed by atoms with E-state index in [9.17, 15) is 22.0 Å². The van der Waals surface area contributed by atoms with Crippen LogP contribution in [0.3, 0.4) is 0 Å². The lowest BCUT2D eigenvalue weighted by molar-refractivity contribution is -0.139. The van der Waals surface area contributed by atoms with E-state index < -0.39 is 23.4 Å². The van der Waals surface area contributed by atoms with E-state index >= 15 is 0 Å². The van der Waals surface area contributed by atoms with Crippen LogP contribution >= 0.6 is 0 Å². The van der Waals surface area contributed by atoms with Crippen LogP contribution in [0.25, 0.3) is 0 Å². The van der Waals surface area contributed by atoms with E-state index in [0.29, 0.717) is 12.1 Å². The van der Waals surface area contributed by atoms with Crippen LogP contribution in [0.1, 0.15) is 11.1 Å². The van der Waals surface area contributed by atoms with Gasteiger partial charge in [0.2, 0.25) is 0 Å². The van der Waals surface area contributed by atoms with E-state index in [4.69, 9.17) is 5.26 Å². The smallest absolute Gasteiger partial charge is 0.354 e. The number of halogens is 5. The molecule has 0 saturated heterocycles. The summed E-state index contributed by atoms with van der Waals surface area (Å²) < 4.78 is 63.9. The monoisotopic (exact) mass is 298 g/mol. The molecule has 0 aliphatic rings. The summed E-state index contributed by atoms with van der Waals surface area (Å²) in [6, 6.07) is 7.26. The zero-order valence-corrected chi connectivity index (χ0v) is 10.3. The molecule has 7 heteroatoms. The quantitative estimate of drug-likeness (QED) is 0.822. The molecule has 0 saturated carbocycles.